The fourth-order valence-electron chi connectivity index (χ4n) is 2.43. The monoisotopic (exact) mass is 375 g/mol. The molecule has 0 aliphatic heterocycles. The van der Waals surface area contributed by atoms with Gasteiger partial charge in [-0.05, 0) is 50.1 Å². The van der Waals surface area contributed by atoms with Crippen molar-refractivity contribution in [2.45, 2.75) is 34.2 Å². The van der Waals surface area contributed by atoms with Crippen LogP contribution in [0.15, 0.2) is 39.9 Å². The van der Waals surface area contributed by atoms with E-state index in [2.05, 4.69) is 64.8 Å². The molecule has 1 heterocycles. The lowest BCUT2D eigenvalue weighted by molar-refractivity contribution is 0.0955. The van der Waals surface area contributed by atoms with Crippen molar-refractivity contribution in [2.75, 3.05) is 0 Å². The minimum absolute atomic E-state index is 0.218. The third-order valence-electron chi connectivity index (χ3n) is 3.64. The van der Waals surface area contributed by atoms with E-state index in [-0.39, 0.29) is 5.91 Å². The molecule has 1 aromatic heterocycles. The Morgan fingerprint density at radius 2 is 1.96 bits per heavy atom. The Morgan fingerprint density at radius 3 is 2.57 bits per heavy atom. The number of aromatic nitrogens is 1. The first kappa shape index (κ1) is 17.5. The number of benzene rings is 1. The van der Waals surface area contributed by atoms with Crippen molar-refractivity contribution >= 4 is 28.1 Å². The van der Waals surface area contributed by atoms with Crippen molar-refractivity contribution in [3.8, 4) is 0 Å². The van der Waals surface area contributed by atoms with E-state index < -0.39 is 0 Å². The molecular weight excluding hydrogens is 354 g/mol. The van der Waals surface area contributed by atoms with Gasteiger partial charge in [-0.25, -0.2) is 5.43 Å². The fraction of sp³-hybridized carbons (Fsp3) is 0.333. The molecule has 0 aliphatic rings. The van der Waals surface area contributed by atoms with Crippen LogP contribution in [0.1, 0.15) is 41.2 Å². The summed E-state index contributed by atoms with van der Waals surface area (Å²) < 4.78 is 3.22. The zero-order valence-corrected chi connectivity index (χ0v) is 15.5. The molecular formula is C18H22BrN3O. The van der Waals surface area contributed by atoms with Crippen molar-refractivity contribution in [1.29, 1.82) is 0 Å². The Bertz CT molecular complexity index is 715. The molecule has 0 unspecified atom stereocenters. The summed E-state index contributed by atoms with van der Waals surface area (Å²) in [5.74, 6) is 0.367. The van der Waals surface area contributed by atoms with E-state index in [0.29, 0.717) is 11.5 Å². The minimum atomic E-state index is -0.218. The van der Waals surface area contributed by atoms with Crippen molar-refractivity contribution in [1.82, 2.24) is 9.99 Å². The average molecular weight is 376 g/mol. The maximum absolute atomic E-state index is 12.0. The van der Waals surface area contributed by atoms with E-state index in [0.717, 1.165) is 22.3 Å². The van der Waals surface area contributed by atoms with Gasteiger partial charge in [0.05, 0.1) is 6.21 Å². The van der Waals surface area contributed by atoms with Crippen LogP contribution in [-0.2, 0) is 6.54 Å². The summed E-state index contributed by atoms with van der Waals surface area (Å²) in [5.41, 5.74) is 6.55. The van der Waals surface area contributed by atoms with Crippen LogP contribution in [0.5, 0.6) is 0 Å². The lowest BCUT2D eigenvalue weighted by Gasteiger charge is -2.11. The number of carbonyl (C=O) groups excluding carboxylic acids is 1. The smallest absolute Gasteiger partial charge is 0.271 e. The largest absolute Gasteiger partial charge is 0.348 e. The highest BCUT2D eigenvalue weighted by Crippen LogP contribution is 2.15. The van der Waals surface area contributed by atoms with Gasteiger partial charge in [0, 0.05) is 33.5 Å². The molecule has 1 N–H and O–H groups in total. The van der Waals surface area contributed by atoms with Gasteiger partial charge in [0.25, 0.3) is 5.91 Å². The molecule has 1 amide bonds. The number of hydrogen-bond acceptors (Lipinski definition) is 2. The van der Waals surface area contributed by atoms with Crippen LogP contribution < -0.4 is 5.43 Å². The predicted molar refractivity (Wildman–Crippen MR) is 97.9 cm³/mol. The zero-order valence-electron chi connectivity index (χ0n) is 13.9. The maximum Gasteiger partial charge on any atom is 0.271 e. The molecule has 23 heavy (non-hydrogen) atoms. The molecule has 0 fully saturated rings. The first-order valence-corrected chi connectivity index (χ1v) is 8.43. The van der Waals surface area contributed by atoms with Gasteiger partial charge in [0.2, 0.25) is 0 Å². The van der Waals surface area contributed by atoms with Crippen LogP contribution in [0.2, 0.25) is 0 Å². The van der Waals surface area contributed by atoms with Gasteiger partial charge in [0.1, 0.15) is 0 Å². The zero-order chi connectivity index (χ0) is 17.0. The first-order valence-electron chi connectivity index (χ1n) is 7.64. The van der Waals surface area contributed by atoms with Crippen LogP contribution in [0.3, 0.4) is 0 Å². The number of halogens is 1. The molecule has 1 aromatic carbocycles. The van der Waals surface area contributed by atoms with Crippen LogP contribution in [0.4, 0.5) is 0 Å². The summed E-state index contributed by atoms with van der Waals surface area (Å²) >= 11 is 3.35. The molecule has 0 bridgehead atoms. The molecule has 4 nitrogen and oxygen atoms in total. The number of nitrogens with one attached hydrogen (secondary N) is 1. The van der Waals surface area contributed by atoms with Gasteiger partial charge >= 0.3 is 0 Å². The highest BCUT2D eigenvalue weighted by atomic mass is 79.9. The number of nitrogens with zero attached hydrogens (tertiary/aromatic N) is 2. The van der Waals surface area contributed by atoms with E-state index >= 15 is 0 Å². The topological polar surface area (TPSA) is 46.4 Å². The Labute approximate surface area is 145 Å². The quantitative estimate of drug-likeness (QED) is 0.614. The van der Waals surface area contributed by atoms with Gasteiger partial charge < -0.3 is 4.57 Å². The van der Waals surface area contributed by atoms with Crippen molar-refractivity contribution in [3.05, 3.63) is 57.3 Å². The number of aryl methyl sites for hydroxylation is 1. The van der Waals surface area contributed by atoms with Crippen LogP contribution in [0, 0.1) is 19.8 Å². The molecule has 0 saturated heterocycles. The molecule has 0 atom stereocenters. The summed E-state index contributed by atoms with van der Waals surface area (Å²) in [6.07, 6.45) is 1.70. The first-order chi connectivity index (χ1) is 10.9. The normalized spacial score (nSPS) is 11.4. The van der Waals surface area contributed by atoms with E-state index in [1.54, 1.807) is 18.3 Å². The summed E-state index contributed by atoms with van der Waals surface area (Å²) in [6.45, 7) is 9.55. The van der Waals surface area contributed by atoms with Gasteiger partial charge in [-0.1, -0.05) is 29.8 Å². The highest BCUT2D eigenvalue weighted by molar-refractivity contribution is 9.10. The van der Waals surface area contributed by atoms with Crippen LogP contribution in [-0.4, -0.2) is 16.7 Å². The van der Waals surface area contributed by atoms with Gasteiger partial charge in [0.15, 0.2) is 0 Å². The van der Waals surface area contributed by atoms with E-state index in [1.165, 1.54) is 5.69 Å². The Kier molecular flexibility index (Phi) is 5.77. The third-order valence-corrected chi connectivity index (χ3v) is 4.17. The number of rotatable bonds is 5. The summed E-state index contributed by atoms with van der Waals surface area (Å²) in [4.78, 5) is 12.0. The molecule has 122 valence electrons. The Hall–Kier alpha value is -1.88. The summed E-state index contributed by atoms with van der Waals surface area (Å²) in [6, 6.07) is 9.26. The Morgan fingerprint density at radius 1 is 1.30 bits per heavy atom. The highest BCUT2D eigenvalue weighted by Gasteiger charge is 2.09. The van der Waals surface area contributed by atoms with E-state index in [9.17, 15) is 4.79 Å². The molecule has 0 aliphatic carbocycles. The third kappa shape index (κ3) is 4.55. The van der Waals surface area contributed by atoms with Crippen LogP contribution in [0.25, 0.3) is 0 Å². The SMILES string of the molecule is Cc1cc(/C=N/NC(=O)c2ccc(Br)cc2)c(C)n1CC(C)C. The van der Waals surface area contributed by atoms with Gasteiger partial charge in [-0.3, -0.25) is 4.79 Å². The van der Waals surface area contributed by atoms with E-state index in [4.69, 9.17) is 0 Å². The molecule has 0 spiro atoms. The molecule has 5 heteroatoms. The number of carbonyl (C=O) groups is 1. The molecule has 2 aromatic rings. The maximum atomic E-state index is 12.0. The van der Waals surface area contributed by atoms with Crippen molar-refractivity contribution in [2.24, 2.45) is 11.0 Å². The number of hydrazone groups is 1. The molecule has 0 saturated carbocycles. The lowest BCUT2D eigenvalue weighted by atomic mass is 10.2. The van der Waals surface area contributed by atoms with E-state index in [1.807, 2.05) is 12.1 Å². The predicted octanol–water partition coefficient (Wildman–Crippen LogP) is 4.29. The molecule has 2 rings (SSSR count). The second-order valence-electron chi connectivity index (χ2n) is 6.04. The molecule has 0 radical (unpaired) electrons. The number of amides is 1. The van der Waals surface area contributed by atoms with Gasteiger partial charge in [-0.2, -0.15) is 5.10 Å². The lowest BCUT2D eigenvalue weighted by Crippen LogP contribution is -2.17. The van der Waals surface area contributed by atoms with Gasteiger partial charge in [-0.15, -0.1) is 0 Å². The Balaban J connectivity index is 2.06. The standard InChI is InChI=1S/C18H22BrN3O/c1-12(2)11-22-13(3)9-16(14(22)4)10-20-21-18(23)15-5-7-17(19)8-6-15/h5-10,12H,11H2,1-4H3,(H,21,23)/b20-10+. The van der Waals surface area contributed by atoms with Crippen molar-refractivity contribution < 1.29 is 4.79 Å². The summed E-state index contributed by atoms with van der Waals surface area (Å²) in [7, 11) is 0. The summed E-state index contributed by atoms with van der Waals surface area (Å²) in [5, 5.41) is 4.09. The second kappa shape index (κ2) is 7.59. The van der Waals surface area contributed by atoms with Crippen LogP contribution >= 0.6 is 15.9 Å². The minimum Gasteiger partial charge on any atom is -0.348 e. The fourth-order valence-corrected chi connectivity index (χ4v) is 2.70. The average Bonchev–Trinajstić information content (AvgIpc) is 2.75. The van der Waals surface area contributed by atoms with Crippen molar-refractivity contribution in [3.63, 3.8) is 0 Å². The number of hydrogen-bond donors (Lipinski definition) is 1. The second-order valence-corrected chi connectivity index (χ2v) is 6.95.